The summed E-state index contributed by atoms with van der Waals surface area (Å²) < 4.78 is 0. The Balaban J connectivity index is 1.85. The number of likely N-dealkylation sites (N-methyl/N-ethyl adjacent to an activating group) is 1. The fourth-order valence-electron chi connectivity index (χ4n) is 2.41. The van der Waals surface area contributed by atoms with Crippen molar-refractivity contribution in [3.63, 3.8) is 0 Å². The van der Waals surface area contributed by atoms with E-state index in [0.717, 1.165) is 6.42 Å². The van der Waals surface area contributed by atoms with Gasteiger partial charge in [-0.25, -0.2) is 0 Å². The Morgan fingerprint density at radius 3 is 2.63 bits per heavy atom. The topological polar surface area (TPSA) is 52.6 Å². The fraction of sp³-hybridized carbons (Fsp3) is 0.533. The van der Waals surface area contributed by atoms with Crippen molar-refractivity contribution in [2.45, 2.75) is 31.9 Å². The van der Waals surface area contributed by atoms with E-state index in [1.54, 1.807) is 11.9 Å². The number of nitrogens with zero attached hydrogens (tertiary/aromatic N) is 1. The van der Waals surface area contributed by atoms with Gasteiger partial charge in [-0.3, -0.25) is 4.79 Å². The highest BCUT2D eigenvalue weighted by molar-refractivity contribution is 5.76. The summed E-state index contributed by atoms with van der Waals surface area (Å²) in [6, 6.07) is 8.16. The number of benzene rings is 1. The maximum absolute atomic E-state index is 12.1. The molecule has 1 aromatic carbocycles. The van der Waals surface area contributed by atoms with E-state index < -0.39 is 6.10 Å². The van der Waals surface area contributed by atoms with Crippen LogP contribution in [0.1, 0.15) is 17.5 Å². The standard InChI is InChI=1S/C15H22N2O2/c1-11-3-5-12(6-4-11)7-8-15(19)17(2)13-9-16-10-14(13)18/h3-6,13-14,16,18H,7-10H2,1-2H3/t13-,14-/m1/s1. The van der Waals surface area contributed by atoms with Crippen LogP contribution in [0.25, 0.3) is 0 Å². The zero-order chi connectivity index (χ0) is 13.8. The number of carbonyl (C=O) groups is 1. The summed E-state index contributed by atoms with van der Waals surface area (Å²) in [5, 5.41) is 12.9. The van der Waals surface area contributed by atoms with E-state index in [1.165, 1.54) is 11.1 Å². The molecule has 1 heterocycles. The van der Waals surface area contributed by atoms with Gasteiger partial charge in [0.25, 0.3) is 0 Å². The number of nitrogens with one attached hydrogen (secondary N) is 1. The lowest BCUT2D eigenvalue weighted by atomic mass is 10.1. The van der Waals surface area contributed by atoms with Crippen LogP contribution in [0.5, 0.6) is 0 Å². The summed E-state index contributed by atoms with van der Waals surface area (Å²) in [7, 11) is 1.78. The van der Waals surface area contributed by atoms with E-state index in [9.17, 15) is 9.90 Å². The third-order valence-corrected chi connectivity index (χ3v) is 3.79. The highest BCUT2D eigenvalue weighted by Gasteiger charge is 2.30. The van der Waals surface area contributed by atoms with Crippen molar-refractivity contribution < 1.29 is 9.90 Å². The number of aryl methyl sites for hydroxylation is 2. The van der Waals surface area contributed by atoms with Crippen molar-refractivity contribution in [2.75, 3.05) is 20.1 Å². The zero-order valence-electron chi connectivity index (χ0n) is 11.6. The largest absolute Gasteiger partial charge is 0.390 e. The number of rotatable bonds is 4. The quantitative estimate of drug-likeness (QED) is 0.840. The molecule has 1 aliphatic heterocycles. The SMILES string of the molecule is Cc1ccc(CCC(=O)N(C)[C@@H]2CNC[C@H]2O)cc1. The number of hydrogen-bond donors (Lipinski definition) is 2. The Morgan fingerprint density at radius 1 is 1.37 bits per heavy atom. The van der Waals surface area contributed by atoms with Gasteiger partial charge in [-0.15, -0.1) is 0 Å². The van der Waals surface area contributed by atoms with E-state index in [-0.39, 0.29) is 11.9 Å². The monoisotopic (exact) mass is 262 g/mol. The Labute approximate surface area is 114 Å². The van der Waals surface area contributed by atoms with Crippen LogP contribution in [-0.4, -0.2) is 48.2 Å². The molecule has 2 N–H and O–H groups in total. The lowest BCUT2D eigenvalue weighted by molar-refractivity contribution is -0.133. The van der Waals surface area contributed by atoms with Crippen molar-refractivity contribution in [3.05, 3.63) is 35.4 Å². The number of amides is 1. The molecule has 104 valence electrons. The van der Waals surface area contributed by atoms with E-state index in [4.69, 9.17) is 0 Å². The van der Waals surface area contributed by atoms with E-state index in [1.807, 2.05) is 0 Å². The Kier molecular flexibility index (Phi) is 4.56. The van der Waals surface area contributed by atoms with Gasteiger partial charge < -0.3 is 15.3 Å². The molecule has 2 atom stereocenters. The molecule has 1 aromatic rings. The molecule has 4 heteroatoms. The number of carbonyl (C=O) groups excluding carboxylic acids is 1. The molecule has 1 saturated heterocycles. The van der Waals surface area contributed by atoms with E-state index >= 15 is 0 Å². The molecule has 1 amide bonds. The summed E-state index contributed by atoms with van der Waals surface area (Å²) in [5.74, 6) is 0.0910. The van der Waals surface area contributed by atoms with Crippen LogP contribution in [0, 0.1) is 6.92 Å². The summed E-state index contributed by atoms with van der Waals surface area (Å²) in [4.78, 5) is 13.8. The van der Waals surface area contributed by atoms with Crippen molar-refractivity contribution in [2.24, 2.45) is 0 Å². The molecule has 1 aliphatic rings. The van der Waals surface area contributed by atoms with Gasteiger partial charge in [-0.1, -0.05) is 29.8 Å². The normalized spacial score (nSPS) is 22.5. The van der Waals surface area contributed by atoms with Crippen LogP contribution in [0.3, 0.4) is 0 Å². The van der Waals surface area contributed by atoms with Gasteiger partial charge in [0.05, 0.1) is 12.1 Å². The highest BCUT2D eigenvalue weighted by Crippen LogP contribution is 2.11. The molecular weight excluding hydrogens is 240 g/mol. The minimum Gasteiger partial charge on any atom is -0.390 e. The predicted molar refractivity (Wildman–Crippen MR) is 74.9 cm³/mol. The summed E-state index contributed by atoms with van der Waals surface area (Å²) in [5.41, 5.74) is 2.41. The predicted octanol–water partition coefficient (Wildman–Crippen LogP) is 0.719. The van der Waals surface area contributed by atoms with Crippen molar-refractivity contribution in [1.82, 2.24) is 10.2 Å². The smallest absolute Gasteiger partial charge is 0.223 e. The maximum atomic E-state index is 12.1. The first kappa shape index (κ1) is 14.0. The van der Waals surface area contributed by atoms with Gasteiger partial charge in [0.1, 0.15) is 0 Å². The van der Waals surface area contributed by atoms with E-state index in [2.05, 4.69) is 36.5 Å². The molecule has 0 radical (unpaired) electrons. The number of aliphatic hydroxyl groups is 1. The maximum Gasteiger partial charge on any atom is 0.223 e. The van der Waals surface area contributed by atoms with Crippen LogP contribution in [0.2, 0.25) is 0 Å². The first-order valence-electron chi connectivity index (χ1n) is 6.78. The van der Waals surface area contributed by atoms with Gasteiger partial charge >= 0.3 is 0 Å². The van der Waals surface area contributed by atoms with Crippen LogP contribution in [0.4, 0.5) is 0 Å². The minimum absolute atomic E-state index is 0.0910. The number of aliphatic hydroxyl groups excluding tert-OH is 1. The lowest BCUT2D eigenvalue weighted by Gasteiger charge is -2.26. The van der Waals surface area contributed by atoms with Gasteiger partial charge in [0, 0.05) is 26.6 Å². The third kappa shape index (κ3) is 3.55. The molecule has 0 spiro atoms. The molecule has 2 rings (SSSR count). The Morgan fingerprint density at radius 2 is 2.05 bits per heavy atom. The second-order valence-corrected chi connectivity index (χ2v) is 5.28. The first-order valence-corrected chi connectivity index (χ1v) is 6.78. The molecular formula is C15H22N2O2. The van der Waals surface area contributed by atoms with Gasteiger partial charge in [-0.05, 0) is 18.9 Å². The summed E-state index contributed by atoms with van der Waals surface area (Å²) >= 11 is 0. The Hall–Kier alpha value is -1.39. The van der Waals surface area contributed by atoms with Crippen molar-refractivity contribution >= 4 is 5.91 Å². The molecule has 1 fully saturated rings. The lowest BCUT2D eigenvalue weighted by Crippen LogP contribution is -2.44. The van der Waals surface area contributed by atoms with Crippen LogP contribution < -0.4 is 5.32 Å². The number of β-amino-alcohol motifs (C(OH)–C–C–N with tert-alkyl or cyclic N) is 1. The van der Waals surface area contributed by atoms with Crippen molar-refractivity contribution in [1.29, 1.82) is 0 Å². The minimum atomic E-state index is -0.451. The molecule has 19 heavy (non-hydrogen) atoms. The molecule has 0 aromatic heterocycles. The Bertz CT molecular complexity index is 430. The molecule has 0 bridgehead atoms. The first-order chi connectivity index (χ1) is 9.08. The summed E-state index contributed by atoms with van der Waals surface area (Å²) in [6.07, 6.45) is 0.788. The molecule has 0 saturated carbocycles. The summed E-state index contributed by atoms with van der Waals surface area (Å²) in [6.45, 7) is 3.30. The second kappa shape index (κ2) is 6.17. The molecule has 0 aliphatic carbocycles. The van der Waals surface area contributed by atoms with Crippen LogP contribution in [0.15, 0.2) is 24.3 Å². The van der Waals surface area contributed by atoms with Gasteiger partial charge in [-0.2, -0.15) is 0 Å². The average molecular weight is 262 g/mol. The highest BCUT2D eigenvalue weighted by atomic mass is 16.3. The fourth-order valence-corrected chi connectivity index (χ4v) is 2.41. The molecule has 0 unspecified atom stereocenters. The molecule has 4 nitrogen and oxygen atoms in total. The van der Waals surface area contributed by atoms with Crippen molar-refractivity contribution in [3.8, 4) is 0 Å². The number of hydrogen-bond acceptors (Lipinski definition) is 3. The van der Waals surface area contributed by atoms with Gasteiger partial charge in [0.2, 0.25) is 5.91 Å². The van der Waals surface area contributed by atoms with Crippen LogP contribution in [-0.2, 0) is 11.2 Å². The third-order valence-electron chi connectivity index (χ3n) is 3.79. The van der Waals surface area contributed by atoms with Crippen LogP contribution >= 0.6 is 0 Å². The second-order valence-electron chi connectivity index (χ2n) is 5.28. The zero-order valence-corrected chi connectivity index (χ0v) is 11.6. The average Bonchev–Trinajstić information content (AvgIpc) is 2.83. The van der Waals surface area contributed by atoms with Gasteiger partial charge in [0.15, 0.2) is 0 Å². The van der Waals surface area contributed by atoms with E-state index in [0.29, 0.717) is 19.5 Å².